The molecule has 0 unspecified atom stereocenters. The molecule has 0 aliphatic heterocycles. The van der Waals surface area contributed by atoms with Crippen LogP contribution in [0.3, 0.4) is 0 Å². The minimum atomic E-state index is -0.510. The molecule has 7 N–H and O–H groups in total. The van der Waals surface area contributed by atoms with Gasteiger partial charge in [0.2, 0.25) is 5.95 Å². The Morgan fingerprint density at radius 2 is 1.00 bits per heavy atom. The smallest absolute Gasteiger partial charge is 0.214 e. The van der Waals surface area contributed by atoms with Gasteiger partial charge in [0, 0.05) is 60.4 Å². The van der Waals surface area contributed by atoms with Crippen molar-refractivity contribution in [3.05, 3.63) is 152 Å². The summed E-state index contributed by atoms with van der Waals surface area (Å²) in [6.07, 6.45) is 3.14. The number of aliphatic hydroxyl groups is 2. The van der Waals surface area contributed by atoms with E-state index in [0.717, 1.165) is 45.9 Å². The number of pyridine rings is 2. The molecule has 10 nitrogen and oxygen atoms in total. The summed E-state index contributed by atoms with van der Waals surface area (Å²) >= 11 is 0. The predicted molar refractivity (Wildman–Crippen MR) is 193 cm³/mol. The largest absolute Gasteiger partial charge is 0.457 e. The van der Waals surface area contributed by atoms with Crippen molar-refractivity contribution < 1.29 is 24.1 Å². The average molecular weight is 663 g/mol. The fraction of sp³-hybridized carbons (Fsp3) is 0.105. The molecule has 0 saturated carbocycles. The number of nitrogens with one attached hydrogen (secondary N) is 3. The number of nitrogens with two attached hydrogens (primary N) is 1. The van der Waals surface area contributed by atoms with Crippen molar-refractivity contribution in [3.8, 4) is 23.0 Å². The molecular weight excluding hydrogens is 623 g/mol. The Hall–Kier alpha value is -6.01. The molecule has 49 heavy (non-hydrogen) atoms. The van der Waals surface area contributed by atoms with E-state index in [1.54, 1.807) is 12.3 Å². The Balaban J connectivity index is 0.000000201. The number of aliphatic hydroxyl groups excluding tert-OH is 2. The normalized spacial score (nSPS) is 9.96. The van der Waals surface area contributed by atoms with Crippen molar-refractivity contribution in [2.24, 2.45) is 5.73 Å². The van der Waals surface area contributed by atoms with E-state index in [1.165, 1.54) is 12.3 Å². The predicted octanol–water partition coefficient (Wildman–Crippen LogP) is 7.72. The Labute approximate surface area is 285 Å². The first kappa shape index (κ1) is 35.8. The first-order valence-electron chi connectivity index (χ1n) is 15.5. The summed E-state index contributed by atoms with van der Waals surface area (Å²) in [5, 5.41) is 26.0. The summed E-state index contributed by atoms with van der Waals surface area (Å²) in [6, 6.07) is 41.3. The van der Waals surface area contributed by atoms with Crippen LogP contribution in [0.1, 0.15) is 0 Å². The van der Waals surface area contributed by atoms with Crippen LogP contribution < -0.4 is 31.2 Å². The molecule has 4 aromatic carbocycles. The molecule has 2 heterocycles. The van der Waals surface area contributed by atoms with Gasteiger partial charge in [-0.1, -0.05) is 36.4 Å². The van der Waals surface area contributed by atoms with Gasteiger partial charge < -0.3 is 41.4 Å². The standard InChI is InChI=1S/C19H19N3O2.C17H13FN2O.C2H7NO/c23-13-12-21-19-14-16(10-11-20-19)22-15-6-8-18(9-7-15)24-17-4-2-1-3-5-17;18-17-12-14(10-11-19-17)20-13-6-8-16(9-7-13)21-15-4-2-1-3-5-15;3-1-2-4/h1-11,14,23H,12-13H2,(H2,20,21,22);1-12H,(H,19,20);4H,1-3H2. The second-order valence-corrected chi connectivity index (χ2v) is 10.1. The number of hydrogen-bond acceptors (Lipinski definition) is 10. The van der Waals surface area contributed by atoms with Gasteiger partial charge in [0.15, 0.2) is 0 Å². The van der Waals surface area contributed by atoms with Crippen LogP contribution in [0.5, 0.6) is 23.0 Å². The zero-order valence-corrected chi connectivity index (χ0v) is 26.7. The number of para-hydroxylation sites is 2. The van der Waals surface area contributed by atoms with Crippen molar-refractivity contribution in [1.82, 2.24) is 9.97 Å². The van der Waals surface area contributed by atoms with Crippen molar-refractivity contribution in [3.63, 3.8) is 0 Å². The lowest BCUT2D eigenvalue weighted by molar-refractivity contribution is 0.306. The fourth-order valence-electron chi connectivity index (χ4n) is 4.06. The van der Waals surface area contributed by atoms with Gasteiger partial charge >= 0.3 is 0 Å². The van der Waals surface area contributed by atoms with E-state index in [9.17, 15) is 4.39 Å². The van der Waals surface area contributed by atoms with Gasteiger partial charge in [-0.25, -0.2) is 9.97 Å². The SMILES string of the molecule is Fc1cc(Nc2ccc(Oc3ccccc3)cc2)ccn1.NCCO.OCCNc1cc(Nc2ccc(Oc3ccccc3)cc2)ccn1. The molecule has 11 heteroatoms. The molecule has 2 aromatic heterocycles. The number of benzene rings is 4. The van der Waals surface area contributed by atoms with E-state index in [0.29, 0.717) is 18.8 Å². The second-order valence-electron chi connectivity index (χ2n) is 10.1. The van der Waals surface area contributed by atoms with Crippen LogP contribution in [0.25, 0.3) is 0 Å². The van der Waals surface area contributed by atoms with Crippen LogP contribution in [-0.2, 0) is 0 Å². The van der Waals surface area contributed by atoms with Crippen molar-refractivity contribution in [2.45, 2.75) is 0 Å². The van der Waals surface area contributed by atoms with Crippen molar-refractivity contribution >= 4 is 28.6 Å². The summed E-state index contributed by atoms with van der Waals surface area (Å²) in [4.78, 5) is 7.71. The topological polar surface area (TPSA) is 147 Å². The third-order valence-electron chi connectivity index (χ3n) is 6.28. The molecule has 6 rings (SSSR count). The van der Waals surface area contributed by atoms with Gasteiger partial charge in [-0.3, -0.25) is 0 Å². The molecule has 0 bridgehead atoms. The third-order valence-corrected chi connectivity index (χ3v) is 6.28. The molecule has 0 aliphatic rings. The number of hydrogen-bond donors (Lipinski definition) is 6. The number of ether oxygens (including phenoxy) is 2. The van der Waals surface area contributed by atoms with Crippen molar-refractivity contribution in [1.29, 1.82) is 0 Å². The van der Waals surface area contributed by atoms with Crippen molar-refractivity contribution in [2.75, 3.05) is 42.3 Å². The molecule has 0 radical (unpaired) electrons. The van der Waals surface area contributed by atoms with E-state index in [2.05, 4.69) is 25.9 Å². The van der Waals surface area contributed by atoms with Gasteiger partial charge in [-0.05, 0) is 84.9 Å². The van der Waals surface area contributed by atoms with Crippen LogP contribution in [0, 0.1) is 5.95 Å². The highest BCUT2D eigenvalue weighted by Gasteiger charge is 2.02. The van der Waals surface area contributed by atoms with Gasteiger partial charge in [0.1, 0.15) is 28.8 Å². The summed E-state index contributed by atoms with van der Waals surface area (Å²) < 4.78 is 24.5. The lowest BCUT2D eigenvalue weighted by Crippen LogP contribution is -2.06. The van der Waals surface area contributed by atoms with Gasteiger partial charge in [-0.15, -0.1) is 0 Å². The van der Waals surface area contributed by atoms with E-state index in [1.807, 2.05) is 121 Å². The van der Waals surface area contributed by atoms with Crippen LogP contribution in [0.15, 0.2) is 146 Å². The molecule has 0 spiro atoms. The highest BCUT2D eigenvalue weighted by molar-refractivity contribution is 5.63. The van der Waals surface area contributed by atoms with E-state index in [-0.39, 0.29) is 13.2 Å². The summed E-state index contributed by atoms with van der Waals surface area (Å²) in [5.41, 5.74) is 8.15. The zero-order chi connectivity index (χ0) is 34.5. The Morgan fingerprint density at radius 3 is 1.45 bits per heavy atom. The van der Waals surface area contributed by atoms with Crippen LogP contribution in [0.4, 0.5) is 33.0 Å². The van der Waals surface area contributed by atoms with Gasteiger partial charge in [0.25, 0.3) is 0 Å². The van der Waals surface area contributed by atoms with E-state index in [4.69, 9.17) is 25.4 Å². The molecular formula is C38H39FN6O4. The monoisotopic (exact) mass is 662 g/mol. The molecule has 252 valence electrons. The minimum absolute atomic E-state index is 0.0716. The fourth-order valence-corrected chi connectivity index (χ4v) is 4.06. The number of halogens is 1. The zero-order valence-electron chi connectivity index (χ0n) is 26.7. The number of anilines is 5. The van der Waals surface area contributed by atoms with Crippen LogP contribution in [-0.4, -0.2) is 46.5 Å². The second kappa shape index (κ2) is 20.3. The molecule has 0 aliphatic carbocycles. The Morgan fingerprint density at radius 1 is 0.551 bits per heavy atom. The summed E-state index contributed by atoms with van der Waals surface area (Å²) in [6.45, 7) is 1.02. The maximum absolute atomic E-state index is 13.0. The van der Waals surface area contributed by atoms with Crippen LogP contribution in [0.2, 0.25) is 0 Å². The molecule has 0 fully saturated rings. The van der Waals surface area contributed by atoms with E-state index >= 15 is 0 Å². The minimum Gasteiger partial charge on any atom is -0.457 e. The quantitative estimate of drug-likeness (QED) is 0.0720. The molecule has 0 saturated heterocycles. The summed E-state index contributed by atoms with van der Waals surface area (Å²) in [5.74, 6) is 3.34. The maximum atomic E-state index is 13.0. The number of aromatic nitrogens is 2. The Kier molecular flexibility index (Phi) is 14.8. The maximum Gasteiger partial charge on any atom is 0.214 e. The van der Waals surface area contributed by atoms with E-state index < -0.39 is 5.95 Å². The average Bonchev–Trinajstić information content (AvgIpc) is 3.14. The molecule has 0 amide bonds. The number of rotatable bonds is 12. The lowest BCUT2D eigenvalue weighted by Gasteiger charge is -2.10. The number of nitrogens with zero attached hydrogens (tertiary/aromatic N) is 2. The molecule has 0 atom stereocenters. The Bertz CT molecular complexity index is 1780. The molecule has 6 aromatic rings. The summed E-state index contributed by atoms with van der Waals surface area (Å²) in [7, 11) is 0. The highest BCUT2D eigenvalue weighted by Crippen LogP contribution is 2.26. The third kappa shape index (κ3) is 13.3. The first-order chi connectivity index (χ1) is 24.0. The van der Waals surface area contributed by atoms with Gasteiger partial charge in [-0.2, -0.15) is 4.39 Å². The highest BCUT2D eigenvalue weighted by atomic mass is 19.1. The van der Waals surface area contributed by atoms with Gasteiger partial charge in [0.05, 0.1) is 13.2 Å². The first-order valence-corrected chi connectivity index (χ1v) is 15.5. The lowest BCUT2D eigenvalue weighted by atomic mass is 10.2. The van der Waals surface area contributed by atoms with Crippen LogP contribution >= 0.6 is 0 Å².